The van der Waals surface area contributed by atoms with Gasteiger partial charge in [-0.3, -0.25) is 9.59 Å². The van der Waals surface area contributed by atoms with Gasteiger partial charge in [0.25, 0.3) is 5.91 Å². The van der Waals surface area contributed by atoms with Crippen LogP contribution in [0.2, 0.25) is 5.02 Å². The molecule has 11 heteroatoms. The first kappa shape index (κ1) is 24.1. The fourth-order valence-corrected chi connectivity index (χ4v) is 2.86. The third kappa shape index (κ3) is 8.15. The maximum absolute atomic E-state index is 12.1. The Kier molecular flexibility index (Phi) is 8.71. The highest BCUT2D eigenvalue weighted by molar-refractivity contribution is 6.30. The van der Waals surface area contributed by atoms with E-state index in [4.69, 9.17) is 20.9 Å². The van der Waals surface area contributed by atoms with Crippen LogP contribution >= 0.6 is 11.6 Å². The Bertz CT molecular complexity index is 1060. The van der Waals surface area contributed by atoms with Crippen molar-refractivity contribution in [2.24, 2.45) is 0 Å². The predicted octanol–water partition coefficient (Wildman–Crippen LogP) is 3.83. The van der Waals surface area contributed by atoms with E-state index < -0.39 is 25.1 Å². The van der Waals surface area contributed by atoms with Crippen molar-refractivity contribution in [2.75, 3.05) is 13.2 Å². The van der Waals surface area contributed by atoms with E-state index in [0.29, 0.717) is 23.8 Å². The summed E-state index contributed by atoms with van der Waals surface area (Å²) in [5, 5.41) is 7.06. The SMILES string of the molecule is O=C(COC(=O)CCc1nc(-c2ccc(Cl)cc2)no1)NCCc1ccc(OC(F)F)cc1. The number of hydrogen-bond acceptors (Lipinski definition) is 7. The van der Waals surface area contributed by atoms with E-state index in [1.54, 1.807) is 36.4 Å². The van der Waals surface area contributed by atoms with Gasteiger partial charge in [-0.25, -0.2) is 0 Å². The molecular weight excluding hydrogens is 460 g/mol. The third-order valence-corrected chi connectivity index (χ3v) is 4.61. The second kappa shape index (κ2) is 11.9. The van der Waals surface area contributed by atoms with Crippen molar-refractivity contribution < 1.29 is 32.4 Å². The van der Waals surface area contributed by atoms with E-state index in [2.05, 4.69) is 20.2 Å². The largest absolute Gasteiger partial charge is 0.456 e. The van der Waals surface area contributed by atoms with E-state index in [1.807, 2.05) is 0 Å². The molecule has 3 aromatic rings. The number of carbonyl (C=O) groups excluding carboxylic acids is 2. The molecule has 0 aliphatic heterocycles. The Labute approximate surface area is 192 Å². The molecule has 0 atom stereocenters. The minimum atomic E-state index is -2.88. The maximum atomic E-state index is 12.1. The minimum Gasteiger partial charge on any atom is -0.456 e. The Hall–Kier alpha value is -3.53. The van der Waals surface area contributed by atoms with Gasteiger partial charge >= 0.3 is 12.6 Å². The Morgan fingerprint density at radius 1 is 1.06 bits per heavy atom. The number of esters is 1. The highest BCUT2D eigenvalue weighted by Crippen LogP contribution is 2.19. The molecule has 1 N–H and O–H groups in total. The number of rotatable bonds is 11. The van der Waals surface area contributed by atoms with Crippen LogP contribution in [0.5, 0.6) is 5.75 Å². The maximum Gasteiger partial charge on any atom is 0.387 e. The molecule has 0 bridgehead atoms. The molecule has 0 unspecified atom stereocenters. The van der Waals surface area contributed by atoms with Crippen molar-refractivity contribution in [1.82, 2.24) is 15.5 Å². The van der Waals surface area contributed by atoms with Gasteiger partial charge in [-0.1, -0.05) is 28.9 Å². The number of aromatic nitrogens is 2. The van der Waals surface area contributed by atoms with Crippen molar-refractivity contribution in [1.29, 1.82) is 0 Å². The summed E-state index contributed by atoms with van der Waals surface area (Å²) < 4.78 is 38.6. The second-order valence-corrected chi connectivity index (χ2v) is 7.24. The summed E-state index contributed by atoms with van der Waals surface area (Å²) in [4.78, 5) is 27.9. The van der Waals surface area contributed by atoms with Gasteiger partial charge < -0.3 is 19.3 Å². The van der Waals surface area contributed by atoms with E-state index in [1.165, 1.54) is 12.1 Å². The number of hydrogen-bond donors (Lipinski definition) is 1. The first-order chi connectivity index (χ1) is 15.9. The first-order valence-electron chi connectivity index (χ1n) is 9.93. The van der Waals surface area contributed by atoms with Crippen molar-refractivity contribution in [3.63, 3.8) is 0 Å². The molecule has 3 rings (SSSR count). The van der Waals surface area contributed by atoms with Crippen LogP contribution in [0, 0.1) is 0 Å². The lowest BCUT2D eigenvalue weighted by Crippen LogP contribution is -2.30. The molecule has 0 spiro atoms. The third-order valence-electron chi connectivity index (χ3n) is 4.36. The predicted molar refractivity (Wildman–Crippen MR) is 114 cm³/mol. The van der Waals surface area contributed by atoms with E-state index in [9.17, 15) is 18.4 Å². The van der Waals surface area contributed by atoms with Crippen LogP contribution in [0.15, 0.2) is 53.1 Å². The van der Waals surface area contributed by atoms with E-state index in [0.717, 1.165) is 11.1 Å². The van der Waals surface area contributed by atoms with Crippen LogP contribution in [0.1, 0.15) is 17.9 Å². The Morgan fingerprint density at radius 3 is 2.48 bits per heavy atom. The summed E-state index contributed by atoms with van der Waals surface area (Å²) in [5.41, 5.74) is 1.55. The van der Waals surface area contributed by atoms with Gasteiger partial charge in [0.2, 0.25) is 11.7 Å². The lowest BCUT2D eigenvalue weighted by molar-refractivity contribution is -0.148. The van der Waals surface area contributed by atoms with Crippen molar-refractivity contribution >= 4 is 23.5 Å². The number of halogens is 3. The molecule has 0 fully saturated rings. The molecule has 0 saturated heterocycles. The number of nitrogens with one attached hydrogen (secondary N) is 1. The highest BCUT2D eigenvalue weighted by atomic mass is 35.5. The number of nitrogens with zero attached hydrogens (tertiary/aromatic N) is 2. The monoisotopic (exact) mass is 479 g/mol. The summed E-state index contributed by atoms with van der Waals surface area (Å²) in [5.74, 6) is -0.321. The number of ether oxygens (including phenoxy) is 2. The van der Waals surface area contributed by atoms with Gasteiger partial charge in [-0.05, 0) is 48.4 Å². The lowest BCUT2D eigenvalue weighted by atomic mass is 10.1. The molecule has 174 valence electrons. The summed E-state index contributed by atoms with van der Waals surface area (Å²) in [6, 6.07) is 13.0. The fourth-order valence-electron chi connectivity index (χ4n) is 2.73. The van der Waals surface area contributed by atoms with Crippen LogP contribution < -0.4 is 10.1 Å². The molecule has 1 aromatic heterocycles. The van der Waals surface area contributed by atoms with Gasteiger partial charge in [0, 0.05) is 23.6 Å². The lowest BCUT2D eigenvalue weighted by Gasteiger charge is -2.08. The summed E-state index contributed by atoms with van der Waals surface area (Å²) in [7, 11) is 0. The first-order valence-corrected chi connectivity index (χ1v) is 10.3. The van der Waals surface area contributed by atoms with Crippen molar-refractivity contribution in [2.45, 2.75) is 25.9 Å². The van der Waals surface area contributed by atoms with E-state index >= 15 is 0 Å². The average molecular weight is 480 g/mol. The molecular formula is C22H20ClF2N3O5. The summed E-state index contributed by atoms with van der Waals surface area (Å²) in [6.45, 7) is -3.00. The number of benzene rings is 2. The standard InChI is InChI=1S/C22H20ClF2N3O5/c23-16-5-3-15(4-6-16)21-27-19(33-28-21)9-10-20(30)31-13-18(29)26-12-11-14-1-7-17(8-2-14)32-22(24)25/h1-8,22H,9-13H2,(H,26,29). The van der Waals surface area contributed by atoms with Crippen LogP contribution in [0.25, 0.3) is 11.4 Å². The van der Waals surface area contributed by atoms with Gasteiger partial charge in [0.05, 0.1) is 6.42 Å². The van der Waals surface area contributed by atoms with Gasteiger partial charge in [0.1, 0.15) is 5.75 Å². The van der Waals surface area contributed by atoms with Gasteiger partial charge in [0.15, 0.2) is 6.61 Å². The Morgan fingerprint density at radius 2 is 1.79 bits per heavy atom. The summed E-state index contributed by atoms with van der Waals surface area (Å²) in [6.07, 6.45) is 0.622. The smallest absolute Gasteiger partial charge is 0.387 e. The molecule has 0 aliphatic carbocycles. The molecule has 1 amide bonds. The average Bonchev–Trinajstić information content (AvgIpc) is 3.27. The molecule has 8 nitrogen and oxygen atoms in total. The van der Waals surface area contributed by atoms with Crippen molar-refractivity contribution in [3.05, 3.63) is 65.0 Å². The number of alkyl halides is 2. The molecule has 0 saturated carbocycles. The Balaban J connectivity index is 1.32. The number of aryl methyl sites for hydroxylation is 1. The molecule has 1 heterocycles. The molecule has 0 radical (unpaired) electrons. The zero-order valence-corrected chi connectivity index (χ0v) is 18.1. The van der Waals surface area contributed by atoms with Gasteiger partial charge in [-0.2, -0.15) is 13.8 Å². The number of amides is 1. The van der Waals surface area contributed by atoms with Crippen LogP contribution in [-0.2, 0) is 27.2 Å². The van der Waals surface area contributed by atoms with Crippen LogP contribution in [0.4, 0.5) is 8.78 Å². The fraction of sp³-hybridized carbons (Fsp3) is 0.273. The summed E-state index contributed by atoms with van der Waals surface area (Å²) >= 11 is 5.85. The molecule has 2 aromatic carbocycles. The van der Waals surface area contributed by atoms with Crippen molar-refractivity contribution in [3.8, 4) is 17.1 Å². The zero-order valence-electron chi connectivity index (χ0n) is 17.3. The normalized spacial score (nSPS) is 10.8. The van der Waals surface area contributed by atoms with Gasteiger partial charge in [-0.15, -0.1) is 0 Å². The molecule has 33 heavy (non-hydrogen) atoms. The molecule has 0 aliphatic rings. The highest BCUT2D eigenvalue weighted by Gasteiger charge is 2.13. The zero-order chi connectivity index (χ0) is 23.6. The van der Waals surface area contributed by atoms with E-state index in [-0.39, 0.29) is 24.5 Å². The van der Waals surface area contributed by atoms with Crippen LogP contribution in [0.3, 0.4) is 0 Å². The topological polar surface area (TPSA) is 104 Å². The minimum absolute atomic E-state index is 0.0252. The number of carbonyl (C=O) groups is 2. The van der Waals surface area contributed by atoms with Crippen LogP contribution in [-0.4, -0.2) is 41.8 Å². The second-order valence-electron chi connectivity index (χ2n) is 6.80. The quantitative estimate of drug-likeness (QED) is 0.417.